The largest absolute Gasteiger partial charge is 0.338 e. The average molecular weight is 410 g/mol. The molecule has 0 fully saturated rings. The first-order chi connectivity index (χ1) is 14.0. The van der Waals surface area contributed by atoms with Gasteiger partial charge in [-0.15, -0.1) is 0 Å². The van der Waals surface area contributed by atoms with Gasteiger partial charge in [-0.2, -0.15) is 0 Å². The third-order valence-electron chi connectivity index (χ3n) is 4.02. The first-order valence-electron chi connectivity index (χ1n) is 9.23. The number of hydrogen-bond donors (Lipinski definition) is 2. The molecule has 0 atom stereocenters. The van der Waals surface area contributed by atoms with E-state index in [2.05, 4.69) is 15.6 Å². The van der Waals surface area contributed by atoms with Crippen molar-refractivity contribution in [2.45, 2.75) is 19.0 Å². The Balaban J connectivity index is 1.84. The lowest BCUT2D eigenvalue weighted by atomic mass is 10.2. The van der Waals surface area contributed by atoms with Crippen LogP contribution in [0.15, 0.2) is 64.5 Å². The van der Waals surface area contributed by atoms with Crippen LogP contribution in [0.3, 0.4) is 0 Å². The molecule has 0 aliphatic heterocycles. The molecule has 7 nitrogen and oxygen atoms in total. The first-order valence-corrected chi connectivity index (χ1v) is 10.2. The molecule has 1 heterocycles. The maximum atomic E-state index is 13.1. The number of amides is 3. The number of carbonyl (C=O) groups is 2. The second-order valence-corrected chi connectivity index (χ2v) is 7.77. The van der Waals surface area contributed by atoms with E-state index in [9.17, 15) is 14.4 Å². The Labute approximate surface area is 172 Å². The van der Waals surface area contributed by atoms with Gasteiger partial charge in [0.1, 0.15) is 0 Å². The van der Waals surface area contributed by atoms with E-state index < -0.39 is 11.9 Å². The van der Waals surface area contributed by atoms with Crippen molar-refractivity contribution in [2.75, 3.05) is 12.3 Å². The lowest BCUT2D eigenvalue weighted by Gasteiger charge is -2.13. The molecule has 0 bridgehead atoms. The fourth-order valence-electron chi connectivity index (χ4n) is 2.65. The Kier molecular flexibility index (Phi) is 6.66. The second-order valence-electron chi connectivity index (χ2n) is 6.83. The molecule has 0 aliphatic carbocycles. The molecular weight excluding hydrogens is 388 g/mol. The Morgan fingerprint density at radius 1 is 1.07 bits per heavy atom. The van der Waals surface area contributed by atoms with E-state index in [-0.39, 0.29) is 17.2 Å². The second kappa shape index (κ2) is 9.38. The average Bonchev–Trinajstić information content (AvgIpc) is 2.71. The number of benzene rings is 2. The summed E-state index contributed by atoms with van der Waals surface area (Å²) in [6, 6.07) is 15.7. The maximum absolute atomic E-state index is 13.1. The number of nitrogens with zero attached hydrogens (tertiary/aromatic N) is 2. The molecule has 0 aliphatic rings. The topological polar surface area (TPSA) is 93.1 Å². The summed E-state index contributed by atoms with van der Waals surface area (Å²) >= 11 is 1.11. The van der Waals surface area contributed by atoms with Gasteiger partial charge < -0.3 is 5.32 Å². The number of imide groups is 1. The molecule has 3 amide bonds. The highest BCUT2D eigenvalue weighted by molar-refractivity contribution is 7.99. The molecule has 29 heavy (non-hydrogen) atoms. The van der Waals surface area contributed by atoms with Crippen molar-refractivity contribution in [1.82, 2.24) is 20.2 Å². The molecule has 3 aromatic rings. The van der Waals surface area contributed by atoms with Crippen LogP contribution in [-0.2, 0) is 4.79 Å². The van der Waals surface area contributed by atoms with Crippen molar-refractivity contribution in [3.05, 3.63) is 65.0 Å². The minimum atomic E-state index is -0.531. The highest BCUT2D eigenvalue weighted by atomic mass is 32.2. The minimum absolute atomic E-state index is 0.0489. The normalized spacial score (nSPS) is 10.9. The highest BCUT2D eigenvalue weighted by Gasteiger charge is 2.15. The zero-order valence-corrected chi connectivity index (χ0v) is 17.0. The van der Waals surface area contributed by atoms with Crippen LogP contribution in [0.1, 0.15) is 13.8 Å². The zero-order chi connectivity index (χ0) is 20.8. The van der Waals surface area contributed by atoms with Crippen LogP contribution in [0.4, 0.5) is 4.79 Å². The molecule has 0 radical (unpaired) electrons. The molecule has 0 saturated heterocycles. The molecule has 8 heteroatoms. The molecule has 0 saturated carbocycles. The number of para-hydroxylation sites is 2. The SMILES string of the molecule is CC(C)CNC(=O)NC(=O)CSc1nc2ccccc2c(=O)n1-c1ccccc1. The number of nitrogens with one attached hydrogen (secondary N) is 2. The summed E-state index contributed by atoms with van der Waals surface area (Å²) in [4.78, 5) is 41.6. The van der Waals surface area contributed by atoms with Crippen molar-refractivity contribution < 1.29 is 9.59 Å². The Bertz CT molecular complexity index is 1080. The Morgan fingerprint density at radius 2 is 1.76 bits per heavy atom. The van der Waals surface area contributed by atoms with Crippen molar-refractivity contribution >= 4 is 34.6 Å². The molecule has 2 aromatic carbocycles. The van der Waals surface area contributed by atoms with Gasteiger partial charge in [-0.3, -0.25) is 19.5 Å². The molecule has 1 aromatic heterocycles. The monoisotopic (exact) mass is 410 g/mol. The van der Waals surface area contributed by atoms with E-state index in [1.807, 2.05) is 38.1 Å². The molecular formula is C21H22N4O3S. The van der Waals surface area contributed by atoms with Crippen LogP contribution in [0.2, 0.25) is 0 Å². The minimum Gasteiger partial charge on any atom is -0.338 e. The predicted molar refractivity (Wildman–Crippen MR) is 114 cm³/mol. The van der Waals surface area contributed by atoms with Crippen LogP contribution in [0, 0.1) is 5.92 Å². The van der Waals surface area contributed by atoms with Crippen LogP contribution in [-0.4, -0.2) is 33.8 Å². The number of fused-ring (bicyclic) bond motifs is 1. The number of hydrogen-bond acceptors (Lipinski definition) is 5. The fourth-order valence-corrected chi connectivity index (χ4v) is 3.46. The summed E-state index contributed by atoms with van der Waals surface area (Å²) in [5, 5.41) is 5.81. The van der Waals surface area contributed by atoms with Crippen LogP contribution >= 0.6 is 11.8 Å². The smallest absolute Gasteiger partial charge is 0.321 e. The molecule has 3 rings (SSSR count). The molecule has 0 unspecified atom stereocenters. The summed E-state index contributed by atoms with van der Waals surface area (Å²) in [7, 11) is 0. The molecule has 0 spiro atoms. The van der Waals surface area contributed by atoms with Gasteiger partial charge >= 0.3 is 6.03 Å². The lowest BCUT2D eigenvalue weighted by molar-refractivity contribution is -0.117. The van der Waals surface area contributed by atoms with Gasteiger partial charge in [0.2, 0.25) is 5.91 Å². The Hall–Kier alpha value is -3.13. The number of rotatable bonds is 6. The quantitative estimate of drug-likeness (QED) is 0.481. The summed E-state index contributed by atoms with van der Waals surface area (Å²) in [5.41, 5.74) is 1.01. The van der Waals surface area contributed by atoms with Gasteiger partial charge in [-0.25, -0.2) is 9.78 Å². The fraction of sp³-hybridized carbons (Fsp3) is 0.238. The number of carbonyl (C=O) groups excluding carboxylic acids is 2. The Morgan fingerprint density at radius 3 is 2.48 bits per heavy atom. The number of thioether (sulfide) groups is 1. The van der Waals surface area contributed by atoms with E-state index in [0.717, 1.165) is 11.8 Å². The maximum Gasteiger partial charge on any atom is 0.321 e. The van der Waals surface area contributed by atoms with Crippen molar-refractivity contribution in [2.24, 2.45) is 5.92 Å². The van der Waals surface area contributed by atoms with Crippen LogP contribution < -0.4 is 16.2 Å². The van der Waals surface area contributed by atoms with Crippen LogP contribution in [0.5, 0.6) is 0 Å². The lowest BCUT2D eigenvalue weighted by Crippen LogP contribution is -2.41. The predicted octanol–water partition coefficient (Wildman–Crippen LogP) is 2.96. The van der Waals surface area contributed by atoms with Crippen LogP contribution in [0.25, 0.3) is 16.6 Å². The van der Waals surface area contributed by atoms with E-state index in [0.29, 0.717) is 28.3 Å². The number of urea groups is 1. The van der Waals surface area contributed by atoms with E-state index >= 15 is 0 Å². The summed E-state index contributed by atoms with van der Waals surface area (Å²) in [5.74, 6) is -0.224. The van der Waals surface area contributed by atoms with Gasteiger partial charge in [-0.1, -0.05) is 55.9 Å². The number of aromatic nitrogens is 2. The van der Waals surface area contributed by atoms with E-state index in [4.69, 9.17) is 0 Å². The standard InChI is InChI=1S/C21H22N4O3S/c1-14(2)12-22-20(28)24-18(26)13-29-21-23-17-11-7-6-10-16(17)19(27)25(21)15-8-4-3-5-9-15/h3-11,14H,12-13H2,1-2H3,(H2,22,24,26,28). The zero-order valence-electron chi connectivity index (χ0n) is 16.2. The van der Waals surface area contributed by atoms with Crippen molar-refractivity contribution in [3.8, 4) is 5.69 Å². The van der Waals surface area contributed by atoms with Gasteiger partial charge in [0.25, 0.3) is 5.56 Å². The summed E-state index contributed by atoms with van der Waals surface area (Å²) in [6.45, 7) is 4.41. The van der Waals surface area contributed by atoms with E-state index in [1.54, 1.807) is 30.3 Å². The van der Waals surface area contributed by atoms with Gasteiger partial charge in [0.15, 0.2) is 5.16 Å². The highest BCUT2D eigenvalue weighted by Crippen LogP contribution is 2.21. The summed E-state index contributed by atoms with van der Waals surface area (Å²) in [6.07, 6.45) is 0. The van der Waals surface area contributed by atoms with Gasteiger partial charge in [-0.05, 0) is 30.2 Å². The van der Waals surface area contributed by atoms with Gasteiger partial charge in [0, 0.05) is 6.54 Å². The summed E-state index contributed by atoms with van der Waals surface area (Å²) < 4.78 is 1.49. The van der Waals surface area contributed by atoms with Crippen molar-refractivity contribution in [1.29, 1.82) is 0 Å². The molecule has 150 valence electrons. The van der Waals surface area contributed by atoms with Gasteiger partial charge in [0.05, 0.1) is 22.3 Å². The van der Waals surface area contributed by atoms with E-state index in [1.165, 1.54) is 4.57 Å². The first kappa shape index (κ1) is 20.6. The van der Waals surface area contributed by atoms with Crippen molar-refractivity contribution in [3.63, 3.8) is 0 Å². The third-order valence-corrected chi connectivity index (χ3v) is 4.95. The third kappa shape index (κ3) is 5.23. The molecule has 2 N–H and O–H groups in total.